The molecule has 0 bridgehead atoms. The van der Waals surface area contributed by atoms with Gasteiger partial charge in [-0.2, -0.15) is 0 Å². The number of nitro benzene ring substituents is 1. The van der Waals surface area contributed by atoms with Crippen LogP contribution < -0.4 is 4.90 Å². The number of β-amino-alcohol motifs (C(OH)–C–C–N with tert-alkyl or cyclic N) is 1. The number of H-pyrrole nitrogens is 1. The summed E-state index contributed by atoms with van der Waals surface area (Å²) >= 11 is 0. The van der Waals surface area contributed by atoms with Gasteiger partial charge >= 0.3 is 0 Å². The molecule has 1 aliphatic rings. The van der Waals surface area contributed by atoms with Gasteiger partial charge in [0.1, 0.15) is 0 Å². The van der Waals surface area contributed by atoms with Crippen LogP contribution in [0.4, 0.5) is 11.6 Å². The maximum atomic E-state index is 10.7. The SMILES string of the molecule is O=[N+]([O-])c1ccc2nc(N3CC[C@H](O)C3)[nH]c2c1. The number of nitrogens with zero attached hydrogens (tertiary/aromatic N) is 3. The number of benzene rings is 1. The van der Waals surface area contributed by atoms with Crippen LogP contribution in [0.25, 0.3) is 11.0 Å². The lowest BCUT2D eigenvalue weighted by Gasteiger charge is -2.12. The van der Waals surface area contributed by atoms with Gasteiger partial charge in [0.2, 0.25) is 5.95 Å². The van der Waals surface area contributed by atoms with E-state index < -0.39 is 4.92 Å². The Morgan fingerprint density at radius 1 is 1.56 bits per heavy atom. The third-order valence-corrected chi connectivity index (χ3v) is 3.13. The van der Waals surface area contributed by atoms with E-state index in [0.717, 1.165) is 13.0 Å². The molecule has 7 nitrogen and oxygen atoms in total. The molecule has 0 amide bonds. The Kier molecular flexibility index (Phi) is 2.41. The van der Waals surface area contributed by atoms with Crippen molar-refractivity contribution in [3.05, 3.63) is 28.3 Å². The Bertz CT molecular complexity index is 609. The van der Waals surface area contributed by atoms with Gasteiger partial charge in [-0.3, -0.25) is 10.1 Å². The van der Waals surface area contributed by atoms with Gasteiger partial charge < -0.3 is 15.0 Å². The smallest absolute Gasteiger partial charge is 0.271 e. The maximum absolute atomic E-state index is 10.7. The van der Waals surface area contributed by atoms with Gasteiger partial charge in [0.05, 0.1) is 22.1 Å². The number of aromatic amines is 1. The van der Waals surface area contributed by atoms with E-state index in [2.05, 4.69) is 9.97 Å². The van der Waals surface area contributed by atoms with E-state index in [1.165, 1.54) is 12.1 Å². The second-order valence-electron chi connectivity index (χ2n) is 4.41. The summed E-state index contributed by atoms with van der Waals surface area (Å²) in [6.07, 6.45) is 0.393. The molecular weight excluding hydrogens is 236 g/mol. The zero-order valence-corrected chi connectivity index (χ0v) is 9.54. The molecular formula is C11H12N4O3. The average Bonchev–Trinajstić information content (AvgIpc) is 2.93. The summed E-state index contributed by atoms with van der Waals surface area (Å²) in [6.45, 7) is 1.28. The molecule has 94 valence electrons. The Hall–Kier alpha value is -2.15. The summed E-state index contributed by atoms with van der Waals surface area (Å²) in [5.74, 6) is 0.655. The molecule has 1 saturated heterocycles. The fourth-order valence-electron chi connectivity index (χ4n) is 2.18. The Morgan fingerprint density at radius 2 is 2.39 bits per heavy atom. The highest BCUT2D eigenvalue weighted by molar-refractivity contribution is 5.80. The predicted molar refractivity (Wildman–Crippen MR) is 65.6 cm³/mol. The van der Waals surface area contributed by atoms with Gasteiger partial charge in [-0.1, -0.05) is 0 Å². The van der Waals surface area contributed by atoms with Crippen molar-refractivity contribution in [2.45, 2.75) is 12.5 Å². The van der Waals surface area contributed by atoms with E-state index in [1.54, 1.807) is 6.07 Å². The number of hydrogen-bond donors (Lipinski definition) is 2. The minimum Gasteiger partial charge on any atom is -0.391 e. The van der Waals surface area contributed by atoms with Crippen molar-refractivity contribution < 1.29 is 10.0 Å². The summed E-state index contributed by atoms with van der Waals surface area (Å²) in [5, 5.41) is 20.2. The standard InChI is InChI=1S/C11H12N4O3/c16-8-3-4-14(6-8)11-12-9-2-1-7(15(17)18)5-10(9)13-11/h1-2,5,8,16H,3-4,6H2,(H,12,13)/t8-/m0/s1. The fraction of sp³-hybridized carbons (Fsp3) is 0.364. The molecule has 0 aliphatic carbocycles. The van der Waals surface area contributed by atoms with Crippen molar-refractivity contribution in [3.8, 4) is 0 Å². The van der Waals surface area contributed by atoms with Gasteiger partial charge in [-0.05, 0) is 12.5 Å². The normalized spacial score (nSPS) is 19.6. The van der Waals surface area contributed by atoms with Crippen LogP contribution in [-0.4, -0.2) is 39.2 Å². The molecule has 0 radical (unpaired) electrons. The summed E-state index contributed by atoms with van der Waals surface area (Å²) < 4.78 is 0. The van der Waals surface area contributed by atoms with E-state index in [1.807, 2.05) is 4.90 Å². The van der Waals surface area contributed by atoms with Crippen LogP contribution in [0.5, 0.6) is 0 Å². The van der Waals surface area contributed by atoms with Crippen LogP contribution in [0.3, 0.4) is 0 Å². The third kappa shape index (κ3) is 1.78. The number of aliphatic hydroxyl groups excluding tert-OH is 1. The molecule has 1 aromatic carbocycles. The summed E-state index contributed by atoms with van der Waals surface area (Å²) in [5.41, 5.74) is 1.37. The van der Waals surface area contributed by atoms with E-state index in [4.69, 9.17) is 0 Å². The van der Waals surface area contributed by atoms with Crippen molar-refractivity contribution in [3.63, 3.8) is 0 Å². The zero-order valence-electron chi connectivity index (χ0n) is 9.54. The van der Waals surface area contributed by atoms with Crippen molar-refractivity contribution in [1.29, 1.82) is 0 Å². The van der Waals surface area contributed by atoms with Gasteiger partial charge in [0, 0.05) is 25.2 Å². The lowest BCUT2D eigenvalue weighted by molar-refractivity contribution is -0.384. The molecule has 18 heavy (non-hydrogen) atoms. The average molecular weight is 248 g/mol. The van der Waals surface area contributed by atoms with Crippen LogP contribution in [0.1, 0.15) is 6.42 Å². The largest absolute Gasteiger partial charge is 0.391 e. The lowest BCUT2D eigenvalue weighted by Crippen LogP contribution is -2.22. The first-order chi connectivity index (χ1) is 8.63. The van der Waals surface area contributed by atoms with E-state index in [9.17, 15) is 15.2 Å². The highest BCUT2D eigenvalue weighted by Gasteiger charge is 2.23. The number of imidazole rings is 1. The second kappa shape index (κ2) is 3.95. The maximum Gasteiger partial charge on any atom is 0.271 e. The first kappa shape index (κ1) is 11.0. The van der Waals surface area contributed by atoms with Crippen LogP contribution in [0.2, 0.25) is 0 Å². The quantitative estimate of drug-likeness (QED) is 0.611. The van der Waals surface area contributed by atoms with Crippen molar-refractivity contribution >= 4 is 22.7 Å². The number of aliphatic hydroxyl groups is 1. The third-order valence-electron chi connectivity index (χ3n) is 3.13. The van der Waals surface area contributed by atoms with Gasteiger partial charge in [0.15, 0.2) is 0 Å². The molecule has 2 aromatic rings. The Morgan fingerprint density at radius 3 is 3.06 bits per heavy atom. The topological polar surface area (TPSA) is 95.3 Å². The molecule has 2 N–H and O–H groups in total. The molecule has 7 heteroatoms. The van der Waals surface area contributed by atoms with Crippen LogP contribution in [0.15, 0.2) is 18.2 Å². The Labute approximate surface area is 102 Å². The number of nitro groups is 1. The molecule has 1 aromatic heterocycles. The first-order valence-electron chi connectivity index (χ1n) is 5.70. The highest BCUT2D eigenvalue weighted by Crippen LogP contribution is 2.24. The molecule has 3 rings (SSSR count). The van der Waals surface area contributed by atoms with E-state index >= 15 is 0 Å². The number of rotatable bonds is 2. The molecule has 0 spiro atoms. The molecule has 0 saturated carbocycles. The predicted octanol–water partition coefficient (Wildman–Crippen LogP) is 1.04. The van der Waals surface area contributed by atoms with Gasteiger partial charge in [-0.15, -0.1) is 0 Å². The number of non-ortho nitro benzene ring substituents is 1. The van der Waals surface area contributed by atoms with Crippen molar-refractivity contribution in [2.75, 3.05) is 18.0 Å². The highest BCUT2D eigenvalue weighted by atomic mass is 16.6. The van der Waals surface area contributed by atoms with Gasteiger partial charge in [0.25, 0.3) is 5.69 Å². The minimum atomic E-state index is -0.431. The lowest BCUT2D eigenvalue weighted by atomic mass is 10.3. The van der Waals surface area contributed by atoms with Crippen molar-refractivity contribution in [1.82, 2.24) is 9.97 Å². The van der Waals surface area contributed by atoms with Crippen LogP contribution >= 0.6 is 0 Å². The zero-order chi connectivity index (χ0) is 12.7. The first-order valence-corrected chi connectivity index (χ1v) is 5.70. The number of aromatic nitrogens is 2. The van der Waals surface area contributed by atoms with Crippen LogP contribution in [0, 0.1) is 10.1 Å². The molecule has 2 heterocycles. The van der Waals surface area contributed by atoms with E-state index in [0.29, 0.717) is 23.5 Å². The monoisotopic (exact) mass is 248 g/mol. The molecule has 1 atom stereocenters. The minimum absolute atomic E-state index is 0.0409. The van der Waals surface area contributed by atoms with Gasteiger partial charge in [-0.25, -0.2) is 4.98 Å². The molecule has 0 unspecified atom stereocenters. The molecule has 1 fully saturated rings. The van der Waals surface area contributed by atoms with E-state index in [-0.39, 0.29) is 11.8 Å². The number of anilines is 1. The number of nitrogens with one attached hydrogen (secondary N) is 1. The number of fused-ring (bicyclic) bond motifs is 1. The summed E-state index contributed by atoms with van der Waals surface area (Å²) in [7, 11) is 0. The number of hydrogen-bond acceptors (Lipinski definition) is 5. The van der Waals surface area contributed by atoms with Crippen molar-refractivity contribution in [2.24, 2.45) is 0 Å². The molecule has 1 aliphatic heterocycles. The second-order valence-corrected chi connectivity index (χ2v) is 4.41. The Balaban J connectivity index is 1.98. The summed E-state index contributed by atoms with van der Waals surface area (Å²) in [6, 6.07) is 4.53. The van der Waals surface area contributed by atoms with Crippen LogP contribution in [-0.2, 0) is 0 Å². The summed E-state index contributed by atoms with van der Waals surface area (Å²) in [4.78, 5) is 19.6. The fourth-order valence-corrected chi connectivity index (χ4v) is 2.18.